The van der Waals surface area contributed by atoms with Gasteiger partial charge >= 0.3 is 0 Å². The van der Waals surface area contributed by atoms with Crippen molar-refractivity contribution in [2.75, 3.05) is 26.2 Å². The van der Waals surface area contributed by atoms with Crippen LogP contribution in [0.3, 0.4) is 0 Å². The second kappa shape index (κ2) is 8.11. The van der Waals surface area contributed by atoms with Gasteiger partial charge < -0.3 is 10.2 Å². The van der Waals surface area contributed by atoms with E-state index < -0.39 is 0 Å². The molecule has 0 atom stereocenters. The molecule has 0 spiro atoms. The second-order valence-corrected chi connectivity index (χ2v) is 3.12. The minimum absolute atomic E-state index is 1.06. The van der Waals surface area contributed by atoms with Crippen molar-refractivity contribution < 1.29 is 0 Å². The molecule has 78 valence electrons. The Morgan fingerprint density at radius 2 is 1.85 bits per heavy atom. The van der Waals surface area contributed by atoms with E-state index in [4.69, 9.17) is 0 Å². The van der Waals surface area contributed by atoms with E-state index in [0.717, 1.165) is 32.6 Å². The van der Waals surface area contributed by atoms with E-state index in [9.17, 15) is 0 Å². The monoisotopic (exact) mass is 184 g/mol. The van der Waals surface area contributed by atoms with Gasteiger partial charge in [-0.15, -0.1) is 0 Å². The van der Waals surface area contributed by atoms with E-state index in [2.05, 4.69) is 44.0 Å². The minimum atomic E-state index is 1.06. The number of rotatable bonds is 7. The molecule has 0 rings (SSSR count). The molecule has 2 heteroatoms. The van der Waals surface area contributed by atoms with Gasteiger partial charge in [-0.3, -0.25) is 0 Å². The summed E-state index contributed by atoms with van der Waals surface area (Å²) in [7, 11) is 0. The van der Waals surface area contributed by atoms with E-state index in [-0.39, 0.29) is 0 Å². The smallest absolute Gasteiger partial charge is 0.0271 e. The van der Waals surface area contributed by atoms with Crippen LogP contribution in [0, 0.1) is 0 Å². The number of hydrogen-bond donors (Lipinski definition) is 1. The molecule has 0 radical (unpaired) electrons. The largest absolute Gasteiger partial charge is 0.387 e. The van der Waals surface area contributed by atoms with Gasteiger partial charge in [0.25, 0.3) is 0 Å². The van der Waals surface area contributed by atoms with Crippen LogP contribution in [-0.4, -0.2) is 31.1 Å². The number of nitrogens with one attached hydrogen (secondary N) is 1. The Morgan fingerprint density at radius 3 is 2.23 bits per heavy atom. The van der Waals surface area contributed by atoms with Gasteiger partial charge in [-0.2, -0.15) is 0 Å². The lowest BCUT2D eigenvalue weighted by molar-refractivity contribution is 0.305. The van der Waals surface area contributed by atoms with Gasteiger partial charge in [-0.05, 0) is 26.4 Å². The van der Waals surface area contributed by atoms with Crippen LogP contribution in [0.2, 0.25) is 0 Å². The maximum absolute atomic E-state index is 3.44. The molecule has 1 N–H and O–H groups in total. The van der Waals surface area contributed by atoms with Crippen molar-refractivity contribution in [1.29, 1.82) is 0 Å². The molecule has 0 unspecified atom stereocenters. The molecule has 0 amide bonds. The maximum Gasteiger partial charge on any atom is 0.0271 e. The molecule has 0 aliphatic carbocycles. The first-order chi connectivity index (χ1) is 6.28. The fourth-order valence-electron chi connectivity index (χ4n) is 1.35. The molecule has 0 aromatic heterocycles. The Kier molecular flexibility index (Phi) is 7.80. The van der Waals surface area contributed by atoms with Crippen molar-refractivity contribution in [3.8, 4) is 0 Å². The maximum atomic E-state index is 3.44. The number of allylic oxidation sites excluding steroid dienone is 2. The molecular formula is C11H24N2. The Labute approximate surface area is 83.0 Å². The third-order valence-electron chi connectivity index (χ3n) is 2.40. The summed E-state index contributed by atoms with van der Waals surface area (Å²) < 4.78 is 0. The summed E-state index contributed by atoms with van der Waals surface area (Å²) in [4.78, 5) is 2.43. The van der Waals surface area contributed by atoms with Crippen LogP contribution in [0.25, 0.3) is 0 Å². The zero-order valence-electron chi connectivity index (χ0n) is 9.56. The topological polar surface area (TPSA) is 15.3 Å². The second-order valence-electron chi connectivity index (χ2n) is 3.12. The van der Waals surface area contributed by atoms with Crippen LogP contribution < -0.4 is 5.32 Å². The molecule has 0 fully saturated rings. The lowest BCUT2D eigenvalue weighted by Gasteiger charge is -2.18. The SMILES string of the molecule is C/C=C(/CC)NCCN(CC)CC. The molecule has 0 aromatic rings. The molecular weight excluding hydrogens is 160 g/mol. The van der Waals surface area contributed by atoms with E-state index in [1.54, 1.807) is 0 Å². The molecule has 0 aliphatic rings. The van der Waals surface area contributed by atoms with Crippen LogP contribution in [0.5, 0.6) is 0 Å². The van der Waals surface area contributed by atoms with Crippen LogP contribution in [0.15, 0.2) is 11.8 Å². The van der Waals surface area contributed by atoms with E-state index in [1.807, 2.05) is 0 Å². The lowest BCUT2D eigenvalue weighted by Crippen LogP contribution is -2.31. The van der Waals surface area contributed by atoms with Gasteiger partial charge in [0.15, 0.2) is 0 Å². The quantitative estimate of drug-likeness (QED) is 0.653. The van der Waals surface area contributed by atoms with E-state index >= 15 is 0 Å². The first-order valence-corrected chi connectivity index (χ1v) is 5.39. The lowest BCUT2D eigenvalue weighted by atomic mass is 10.3. The molecule has 0 aromatic carbocycles. The van der Waals surface area contributed by atoms with Crippen LogP contribution >= 0.6 is 0 Å². The molecule has 13 heavy (non-hydrogen) atoms. The number of nitrogens with zero attached hydrogens (tertiary/aromatic N) is 1. The third kappa shape index (κ3) is 5.69. The molecule has 0 heterocycles. The van der Waals surface area contributed by atoms with Crippen molar-refractivity contribution in [2.45, 2.75) is 34.1 Å². The standard InChI is InChI=1S/C11H24N2/c1-5-11(6-2)12-9-10-13(7-3)8-4/h5,12H,6-10H2,1-4H3/b11-5-. The van der Waals surface area contributed by atoms with Crippen molar-refractivity contribution in [2.24, 2.45) is 0 Å². The Bertz CT molecular complexity index is 137. The van der Waals surface area contributed by atoms with E-state index in [0.29, 0.717) is 0 Å². The highest BCUT2D eigenvalue weighted by molar-refractivity contribution is 4.96. The average molecular weight is 184 g/mol. The minimum Gasteiger partial charge on any atom is -0.387 e. The third-order valence-corrected chi connectivity index (χ3v) is 2.40. The summed E-state index contributed by atoms with van der Waals surface area (Å²) in [6.07, 6.45) is 3.26. The van der Waals surface area contributed by atoms with E-state index in [1.165, 1.54) is 5.70 Å². The van der Waals surface area contributed by atoms with Gasteiger partial charge in [0.1, 0.15) is 0 Å². The van der Waals surface area contributed by atoms with Crippen LogP contribution in [0.4, 0.5) is 0 Å². The fraction of sp³-hybridized carbons (Fsp3) is 0.818. The zero-order chi connectivity index (χ0) is 10.1. The molecule has 2 nitrogen and oxygen atoms in total. The van der Waals surface area contributed by atoms with Crippen LogP contribution in [-0.2, 0) is 0 Å². The van der Waals surface area contributed by atoms with Gasteiger partial charge in [0.05, 0.1) is 0 Å². The molecule has 0 aliphatic heterocycles. The summed E-state index contributed by atoms with van der Waals surface area (Å²) in [5, 5.41) is 3.44. The molecule has 0 saturated heterocycles. The Balaban J connectivity index is 3.53. The van der Waals surface area contributed by atoms with Crippen molar-refractivity contribution in [3.05, 3.63) is 11.8 Å². The predicted octanol–water partition coefficient (Wildman–Crippen LogP) is 2.23. The molecule has 0 bridgehead atoms. The van der Waals surface area contributed by atoms with Gasteiger partial charge in [0.2, 0.25) is 0 Å². The highest BCUT2D eigenvalue weighted by atomic mass is 15.1. The van der Waals surface area contributed by atoms with Gasteiger partial charge in [-0.25, -0.2) is 0 Å². The van der Waals surface area contributed by atoms with Crippen molar-refractivity contribution in [3.63, 3.8) is 0 Å². The number of likely N-dealkylation sites (N-methyl/N-ethyl adjacent to an activating group) is 1. The summed E-state index contributed by atoms with van der Waals surface area (Å²) in [6, 6.07) is 0. The Morgan fingerprint density at radius 1 is 1.23 bits per heavy atom. The highest BCUT2D eigenvalue weighted by Gasteiger charge is 1.97. The van der Waals surface area contributed by atoms with Gasteiger partial charge in [0, 0.05) is 18.8 Å². The average Bonchev–Trinajstić information content (AvgIpc) is 2.19. The Hall–Kier alpha value is -0.500. The van der Waals surface area contributed by atoms with Crippen LogP contribution in [0.1, 0.15) is 34.1 Å². The zero-order valence-corrected chi connectivity index (χ0v) is 9.56. The fourth-order valence-corrected chi connectivity index (χ4v) is 1.35. The van der Waals surface area contributed by atoms with Crippen molar-refractivity contribution in [1.82, 2.24) is 10.2 Å². The summed E-state index contributed by atoms with van der Waals surface area (Å²) >= 11 is 0. The van der Waals surface area contributed by atoms with Crippen molar-refractivity contribution >= 4 is 0 Å². The van der Waals surface area contributed by atoms with Gasteiger partial charge in [-0.1, -0.05) is 26.8 Å². The summed E-state index contributed by atoms with van der Waals surface area (Å²) in [5.74, 6) is 0. The first kappa shape index (κ1) is 12.5. The highest BCUT2D eigenvalue weighted by Crippen LogP contribution is 1.94. The normalized spacial score (nSPS) is 12.2. The predicted molar refractivity (Wildman–Crippen MR) is 59.8 cm³/mol. The number of hydrogen-bond acceptors (Lipinski definition) is 2. The summed E-state index contributed by atoms with van der Waals surface area (Å²) in [6.45, 7) is 13.2. The summed E-state index contributed by atoms with van der Waals surface area (Å²) in [5.41, 5.74) is 1.35. The first-order valence-electron chi connectivity index (χ1n) is 5.39. The molecule has 0 saturated carbocycles.